The highest BCUT2D eigenvalue weighted by molar-refractivity contribution is 5.77. The van der Waals surface area contributed by atoms with Gasteiger partial charge < -0.3 is 5.32 Å². The highest BCUT2D eigenvalue weighted by Gasteiger charge is 2.07. The Balaban J connectivity index is 1.70. The Bertz CT molecular complexity index is 963. The van der Waals surface area contributed by atoms with Crippen molar-refractivity contribution in [3.8, 4) is 22.3 Å². The third-order valence-electron chi connectivity index (χ3n) is 4.96. The summed E-state index contributed by atoms with van der Waals surface area (Å²) in [5, 5.41) is 3.66. The zero-order valence-electron chi connectivity index (χ0n) is 15.7. The van der Waals surface area contributed by atoms with Crippen LogP contribution in [-0.4, -0.2) is 0 Å². The molecule has 4 rings (SSSR count). The molecule has 1 nitrogen and oxygen atoms in total. The van der Waals surface area contributed by atoms with Crippen molar-refractivity contribution in [2.45, 2.75) is 13.8 Å². The summed E-state index contributed by atoms with van der Waals surface area (Å²) in [6.07, 6.45) is 0. The maximum absolute atomic E-state index is 3.66. The van der Waals surface area contributed by atoms with E-state index in [9.17, 15) is 0 Å². The quantitative estimate of drug-likeness (QED) is 0.405. The average molecular weight is 349 g/mol. The second kappa shape index (κ2) is 7.51. The molecule has 0 radical (unpaired) electrons. The predicted molar refractivity (Wildman–Crippen MR) is 117 cm³/mol. The summed E-state index contributed by atoms with van der Waals surface area (Å²) in [7, 11) is 0. The largest absolute Gasteiger partial charge is 0.355 e. The van der Waals surface area contributed by atoms with Crippen LogP contribution in [0.4, 0.5) is 11.4 Å². The molecule has 0 spiro atoms. The van der Waals surface area contributed by atoms with Crippen LogP contribution in [0.3, 0.4) is 0 Å². The van der Waals surface area contributed by atoms with Gasteiger partial charge in [0.25, 0.3) is 0 Å². The second-order valence-electron chi connectivity index (χ2n) is 6.92. The fourth-order valence-corrected chi connectivity index (χ4v) is 3.28. The average Bonchev–Trinajstić information content (AvgIpc) is 2.72. The number of aryl methyl sites for hydroxylation is 2. The monoisotopic (exact) mass is 349 g/mol. The van der Waals surface area contributed by atoms with Gasteiger partial charge in [0.1, 0.15) is 0 Å². The third kappa shape index (κ3) is 3.78. The van der Waals surface area contributed by atoms with Crippen molar-refractivity contribution >= 4 is 11.4 Å². The van der Waals surface area contributed by atoms with Crippen molar-refractivity contribution in [2.24, 2.45) is 0 Å². The molecule has 0 bridgehead atoms. The topological polar surface area (TPSA) is 12.0 Å². The Morgan fingerprint density at radius 3 is 1.26 bits per heavy atom. The molecule has 0 aromatic heterocycles. The summed E-state index contributed by atoms with van der Waals surface area (Å²) in [6, 6.07) is 34.2. The molecule has 0 aliphatic heterocycles. The number of anilines is 2. The smallest absolute Gasteiger partial charge is 0.0420 e. The van der Waals surface area contributed by atoms with E-state index in [0.29, 0.717) is 0 Å². The maximum Gasteiger partial charge on any atom is 0.0420 e. The number of rotatable bonds is 4. The summed E-state index contributed by atoms with van der Waals surface area (Å²) in [4.78, 5) is 0. The normalized spacial score (nSPS) is 10.6. The Labute approximate surface area is 161 Å². The highest BCUT2D eigenvalue weighted by atomic mass is 14.9. The van der Waals surface area contributed by atoms with E-state index in [4.69, 9.17) is 0 Å². The molecule has 0 aliphatic rings. The molecule has 4 aromatic carbocycles. The van der Waals surface area contributed by atoms with Gasteiger partial charge >= 0.3 is 0 Å². The molecule has 0 unspecified atom stereocenters. The van der Waals surface area contributed by atoms with E-state index < -0.39 is 0 Å². The fourth-order valence-electron chi connectivity index (χ4n) is 3.28. The van der Waals surface area contributed by atoms with Gasteiger partial charge in [0.2, 0.25) is 0 Å². The van der Waals surface area contributed by atoms with Gasteiger partial charge in [-0.2, -0.15) is 0 Å². The minimum atomic E-state index is 1.14. The minimum Gasteiger partial charge on any atom is -0.355 e. The maximum atomic E-state index is 3.66. The summed E-state index contributed by atoms with van der Waals surface area (Å²) in [5.74, 6) is 0. The summed E-state index contributed by atoms with van der Waals surface area (Å²) >= 11 is 0. The molecule has 1 N–H and O–H groups in total. The lowest BCUT2D eigenvalue weighted by molar-refractivity contribution is 1.39. The molecule has 0 heterocycles. The van der Waals surface area contributed by atoms with Crippen LogP contribution < -0.4 is 5.32 Å². The van der Waals surface area contributed by atoms with Crippen LogP contribution in [0.15, 0.2) is 97.1 Å². The zero-order chi connectivity index (χ0) is 18.6. The van der Waals surface area contributed by atoms with E-state index >= 15 is 0 Å². The number of nitrogens with one attached hydrogen (secondary N) is 1. The molecule has 0 aliphatic carbocycles. The van der Waals surface area contributed by atoms with E-state index in [0.717, 1.165) is 11.4 Å². The first-order valence-corrected chi connectivity index (χ1v) is 9.30. The van der Waals surface area contributed by atoms with Gasteiger partial charge in [-0.15, -0.1) is 0 Å². The molecule has 132 valence electrons. The minimum absolute atomic E-state index is 1.14. The van der Waals surface area contributed by atoms with Crippen LogP contribution in [0.1, 0.15) is 11.1 Å². The lowest BCUT2D eigenvalue weighted by atomic mass is 10.0. The first kappa shape index (κ1) is 17.1. The van der Waals surface area contributed by atoms with Gasteiger partial charge in [0.05, 0.1) is 0 Å². The lowest BCUT2D eigenvalue weighted by Crippen LogP contribution is -1.96. The van der Waals surface area contributed by atoms with Crippen LogP contribution in [0, 0.1) is 13.8 Å². The molecule has 0 amide bonds. The van der Waals surface area contributed by atoms with Crippen molar-refractivity contribution in [3.05, 3.63) is 108 Å². The zero-order valence-corrected chi connectivity index (χ0v) is 15.7. The molecular formula is C26H23N. The van der Waals surface area contributed by atoms with Crippen LogP contribution in [0.25, 0.3) is 22.3 Å². The van der Waals surface area contributed by atoms with E-state index in [2.05, 4.69) is 116 Å². The molecule has 0 saturated carbocycles. The summed E-state index contributed by atoms with van der Waals surface area (Å²) < 4.78 is 0. The van der Waals surface area contributed by atoms with E-state index in [1.165, 1.54) is 33.4 Å². The van der Waals surface area contributed by atoms with Crippen LogP contribution in [0.2, 0.25) is 0 Å². The Hall–Kier alpha value is -3.32. The Morgan fingerprint density at radius 1 is 0.444 bits per heavy atom. The Kier molecular flexibility index (Phi) is 4.76. The molecule has 0 fully saturated rings. The molecule has 1 heteroatoms. The van der Waals surface area contributed by atoms with Crippen molar-refractivity contribution in [2.75, 3.05) is 5.32 Å². The van der Waals surface area contributed by atoms with Gasteiger partial charge in [-0.25, -0.2) is 0 Å². The van der Waals surface area contributed by atoms with E-state index in [-0.39, 0.29) is 0 Å². The van der Waals surface area contributed by atoms with Crippen LogP contribution in [-0.2, 0) is 0 Å². The molecule has 0 atom stereocenters. The van der Waals surface area contributed by atoms with Crippen molar-refractivity contribution in [1.29, 1.82) is 0 Å². The first-order valence-electron chi connectivity index (χ1n) is 9.30. The van der Waals surface area contributed by atoms with Crippen LogP contribution in [0.5, 0.6) is 0 Å². The molecular weight excluding hydrogens is 326 g/mol. The van der Waals surface area contributed by atoms with E-state index in [1.54, 1.807) is 0 Å². The predicted octanol–water partition coefficient (Wildman–Crippen LogP) is 7.38. The summed E-state index contributed by atoms with van der Waals surface area (Å²) in [6.45, 7) is 4.29. The van der Waals surface area contributed by atoms with Crippen molar-refractivity contribution in [3.63, 3.8) is 0 Å². The van der Waals surface area contributed by atoms with Gasteiger partial charge in [0, 0.05) is 11.4 Å². The second-order valence-corrected chi connectivity index (χ2v) is 6.92. The SMILES string of the molecule is Cc1ccc(-c2ccccc2)cc1Nc1cc(-c2ccccc2)ccc1C. The van der Waals surface area contributed by atoms with Crippen LogP contribution >= 0.6 is 0 Å². The number of hydrogen-bond donors (Lipinski definition) is 1. The van der Waals surface area contributed by atoms with Gasteiger partial charge in [0.15, 0.2) is 0 Å². The third-order valence-corrected chi connectivity index (χ3v) is 4.96. The lowest BCUT2D eigenvalue weighted by Gasteiger charge is -2.15. The number of hydrogen-bond acceptors (Lipinski definition) is 1. The molecule has 4 aromatic rings. The van der Waals surface area contributed by atoms with Gasteiger partial charge in [-0.1, -0.05) is 84.9 Å². The number of benzene rings is 4. The highest BCUT2D eigenvalue weighted by Crippen LogP contribution is 2.31. The molecule has 0 saturated heterocycles. The fraction of sp³-hybridized carbons (Fsp3) is 0.0769. The van der Waals surface area contributed by atoms with Gasteiger partial charge in [-0.3, -0.25) is 0 Å². The van der Waals surface area contributed by atoms with Crippen molar-refractivity contribution in [1.82, 2.24) is 0 Å². The standard InChI is InChI=1S/C26H23N/c1-19-13-15-23(21-9-5-3-6-10-21)17-25(19)27-26-18-24(16-14-20(26)2)22-11-7-4-8-12-22/h3-18,27H,1-2H3. The van der Waals surface area contributed by atoms with Gasteiger partial charge in [-0.05, 0) is 59.4 Å². The summed E-state index contributed by atoms with van der Waals surface area (Å²) in [5.41, 5.74) is 9.67. The molecule has 27 heavy (non-hydrogen) atoms. The first-order chi connectivity index (χ1) is 13.2. The Morgan fingerprint density at radius 2 is 0.852 bits per heavy atom. The van der Waals surface area contributed by atoms with E-state index in [1.807, 2.05) is 0 Å². The van der Waals surface area contributed by atoms with Crippen molar-refractivity contribution < 1.29 is 0 Å².